The fourth-order valence-corrected chi connectivity index (χ4v) is 3.10. The molecule has 0 aromatic heterocycles. The third-order valence-corrected chi connectivity index (χ3v) is 4.37. The van der Waals surface area contributed by atoms with Gasteiger partial charge in [-0.3, -0.25) is 4.79 Å². The SMILES string of the molecule is N[C@@]1(C(=O)O)C[C@]1(Cc1ccccc1)c1ccccc1. The van der Waals surface area contributed by atoms with Crippen molar-refractivity contribution in [1.29, 1.82) is 0 Å². The van der Waals surface area contributed by atoms with Gasteiger partial charge in [-0.15, -0.1) is 0 Å². The van der Waals surface area contributed by atoms with E-state index in [4.69, 9.17) is 5.73 Å². The van der Waals surface area contributed by atoms with Gasteiger partial charge in [-0.2, -0.15) is 0 Å². The average Bonchev–Trinajstić information content (AvgIpc) is 3.09. The molecule has 0 saturated heterocycles. The first-order valence-electron chi connectivity index (χ1n) is 6.70. The zero-order chi connectivity index (χ0) is 14.2. The average molecular weight is 267 g/mol. The van der Waals surface area contributed by atoms with Crippen LogP contribution in [0.3, 0.4) is 0 Å². The van der Waals surface area contributed by atoms with E-state index in [1.807, 2.05) is 60.7 Å². The highest BCUT2D eigenvalue weighted by molar-refractivity contribution is 5.87. The highest BCUT2D eigenvalue weighted by Crippen LogP contribution is 2.58. The Morgan fingerprint density at radius 2 is 1.60 bits per heavy atom. The summed E-state index contributed by atoms with van der Waals surface area (Å²) in [6.45, 7) is 0. The maximum atomic E-state index is 11.5. The first-order chi connectivity index (χ1) is 9.58. The van der Waals surface area contributed by atoms with Crippen molar-refractivity contribution in [3.8, 4) is 0 Å². The van der Waals surface area contributed by atoms with Gasteiger partial charge < -0.3 is 10.8 Å². The molecule has 0 amide bonds. The molecule has 20 heavy (non-hydrogen) atoms. The number of rotatable bonds is 4. The van der Waals surface area contributed by atoms with Crippen LogP contribution in [0.1, 0.15) is 17.5 Å². The van der Waals surface area contributed by atoms with Crippen LogP contribution in [0, 0.1) is 0 Å². The lowest BCUT2D eigenvalue weighted by molar-refractivity contribution is -0.140. The van der Waals surface area contributed by atoms with Gasteiger partial charge in [0.2, 0.25) is 0 Å². The molecule has 0 heterocycles. The minimum Gasteiger partial charge on any atom is -0.480 e. The van der Waals surface area contributed by atoms with Crippen LogP contribution in [0.4, 0.5) is 0 Å². The summed E-state index contributed by atoms with van der Waals surface area (Å²) in [5.74, 6) is -0.919. The second-order valence-electron chi connectivity index (χ2n) is 5.56. The monoisotopic (exact) mass is 267 g/mol. The third-order valence-electron chi connectivity index (χ3n) is 4.37. The fraction of sp³-hybridized carbons (Fsp3) is 0.235. The number of carboxylic acid groups (broad SMARTS) is 1. The maximum Gasteiger partial charge on any atom is 0.324 e. The number of nitrogens with two attached hydrogens (primary N) is 1. The normalized spacial score (nSPS) is 28.1. The van der Waals surface area contributed by atoms with Crippen molar-refractivity contribution in [2.75, 3.05) is 0 Å². The van der Waals surface area contributed by atoms with Crippen LogP contribution in [0.5, 0.6) is 0 Å². The van der Waals surface area contributed by atoms with Gasteiger partial charge in [0.05, 0.1) is 0 Å². The number of benzene rings is 2. The number of hydrogen-bond donors (Lipinski definition) is 2. The van der Waals surface area contributed by atoms with E-state index >= 15 is 0 Å². The number of carbonyl (C=O) groups is 1. The molecule has 0 radical (unpaired) electrons. The summed E-state index contributed by atoms with van der Waals surface area (Å²) in [6.07, 6.45) is 1.13. The third kappa shape index (κ3) is 1.82. The molecule has 3 rings (SSSR count). The fourth-order valence-electron chi connectivity index (χ4n) is 3.10. The molecular weight excluding hydrogens is 250 g/mol. The lowest BCUT2D eigenvalue weighted by atomic mass is 9.84. The lowest BCUT2D eigenvalue weighted by Gasteiger charge is -2.21. The lowest BCUT2D eigenvalue weighted by Crippen LogP contribution is -2.42. The van der Waals surface area contributed by atoms with Crippen molar-refractivity contribution < 1.29 is 9.90 Å². The number of aliphatic carboxylic acids is 1. The molecule has 2 aromatic carbocycles. The zero-order valence-corrected chi connectivity index (χ0v) is 11.1. The summed E-state index contributed by atoms with van der Waals surface area (Å²) in [7, 11) is 0. The smallest absolute Gasteiger partial charge is 0.324 e. The first-order valence-corrected chi connectivity index (χ1v) is 6.70. The van der Waals surface area contributed by atoms with Crippen LogP contribution in [0.25, 0.3) is 0 Å². The Bertz CT molecular complexity index is 626. The summed E-state index contributed by atoms with van der Waals surface area (Å²) in [4.78, 5) is 11.5. The Labute approximate surface area is 118 Å². The van der Waals surface area contributed by atoms with Gasteiger partial charge in [0, 0.05) is 5.41 Å². The van der Waals surface area contributed by atoms with E-state index in [2.05, 4.69) is 0 Å². The van der Waals surface area contributed by atoms with Gasteiger partial charge in [-0.1, -0.05) is 60.7 Å². The van der Waals surface area contributed by atoms with Gasteiger partial charge >= 0.3 is 5.97 Å². The highest BCUT2D eigenvalue weighted by Gasteiger charge is 2.70. The van der Waals surface area contributed by atoms with Crippen molar-refractivity contribution in [3.05, 3.63) is 71.8 Å². The molecule has 102 valence electrons. The second kappa shape index (κ2) is 4.46. The molecule has 1 aliphatic rings. The van der Waals surface area contributed by atoms with Crippen LogP contribution >= 0.6 is 0 Å². The second-order valence-corrected chi connectivity index (χ2v) is 5.56. The van der Waals surface area contributed by atoms with Gasteiger partial charge in [-0.25, -0.2) is 0 Å². The zero-order valence-electron chi connectivity index (χ0n) is 11.1. The van der Waals surface area contributed by atoms with Crippen molar-refractivity contribution in [2.24, 2.45) is 5.73 Å². The van der Waals surface area contributed by atoms with Crippen molar-refractivity contribution >= 4 is 5.97 Å². The molecule has 3 N–H and O–H groups in total. The summed E-state index contributed by atoms with van der Waals surface area (Å²) in [5.41, 5.74) is 6.61. The van der Waals surface area contributed by atoms with Crippen molar-refractivity contribution in [3.63, 3.8) is 0 Å². The first kappa shape index (κ1) is 12.9. The molecule has 0 unspecified atom stereocenters. The molecule has 0 aliphatic heterocycles. The van der Waals surface area contributed by atoms with Crippen LogP contribution < -0.4 is 5.73 Å². The molecule has 2 atom stereocenters. The minimum absolute atomic E-state index is 0.480. The summed E-state index contributed by atoms with van der Waals surface area (Å²) >= 11 is 0. The van der Waals surface area contributed by atoms with E-state index in [9.17, 15) is 9.90 Å². The Kier molecular flexibility index (Phi) is 2.87. The Balaban J connectivity index is 2.01. The molecule has 0 spiro atoms. The van der Waals surface area contributed by atoms with Crippen LogP contribution in [0.15, 0.2) is 60.7 Å². The number of hydrogen-bond acceptors (Lipinski definition) is 2. The Hall–Kier alpha value is -2.13. The Morgan fingerprint density at radius 3 is 2.10 bits per heavy atom. The van der Waals surface area contributed by atoms with Crippen LogP contribution in [0.2, 0.25) is 0 Å². The highest BCUT2D eigenvalue weighted by atomic mass is 16.4. The molecule has 2 aromatic rings. The van der Waals surface area contributed by atoms with Crippen LogP contribution in [-0.4, -0.2) is 16.6 Å². The van der Waals surface area contributed by atoms with Crippen LogP contribution in [-0.2, 0) is 16.6 Å². The van der Waals surface area contributed by atoms with Gasteiger partial charge in [0.1, 0.15) is 5.54 Å². The van der Waals surface area contributed by atoms with Crippen molar-refractivity contribution in [1.82, 2.24) is 0 Å². The standard InChI is InChI=1S/C17H17NO2/c18-17(15(19)20)12-16(17,14-9-5-2-6-10-14)11-13-7-3-1-4-8-13/h1-10H,11-12,18H2,(H,19,20)/t16-,17-/m1/s1. The van der Waals surface area contributed by atoms with E-state index in [1.165, 1.54) is 0 Å². The molecular formula is C17H17NO2. The molecule has 1 saturated carbocycles. The minimum atomic E-state index is -1.16. The maximum absolute atomic E-state index is 11.5. The summed E-state index contributed by atoms with van der Waals surface area (Å²) in [6, 6.07) is 19.7. The molecule has 3 heteroatoms. The van der Waals surface area contributed by atoms with E-state index in [1.54, 1.807) is 0 Å². The Morgan fingerprint density at radius 1 is 1.05 bits per heavy atom. The molecule has 1 fully saturated rings. The van der Waals surface area contributed by atoms with Crippen molar-refractivity contribution in [2.45, 2.75) is 23.8 Å². The predicted octanol–water partition coefficient (Wildman–Crippen LogP) is 2.35. The summed E-state index contributed by atoms with van der Waals surface area (Å²) < 4.78 is 0. The van der Waals surface area contributed by atoms with Gasteiger partial charge in [-0.05, 0) is 24.0 Å². The largest absolute Gasteiger partial charge is 0.480 e. The summed E-state index contributed by atoms with van der Waals surface area (Å²) in [5, 5.41) is 9.46. The van der Waals surface area contributed by atoms with E-state index in [-0.39, 0.29) is 0 Å². The van der Waals surface area contributed by atoms with E-state index < -0.39 is 16.9 Å². The van der Waals surface area contributed by atoms with E-state index in [0.717, 1.165) is 11.1 Å². The van der Waals surface area contributed by atoms with E-state index in [0.29, 0.717) is 12.8 Å². The number of carboxylic acids is 1. The molecule has 0 bridgehead atoms. The topological polar surface area (TPSA) is 63.3 Å². The predicted molar refractivity (Wildman–Crippen MR) is 77.4 cm³/mol. The van der Waals surface area contributed by atoms with Gasteiger partial charge in [0.25, 0.3) is 0 Å². The van der Waals surface area contributed by atoms with Gasteiger partial charge in [0.15, 0.2) is 0 Å². The molecule has 3 nitrogen and oxygen atoms in total. The quantitative estimate of drug-likeness (QED) is 0.893. The molecule has 1 aliphatic carbocycles.